The molecular weight excluding hydrogens is 404 g/mol. The Labute approximate surface area is 190 Å². The summed E-state index contributed by atoms with van der Waals surface area (Å²) in [5.74, 6) is 1.68. The first kappa shape index (κ1) is 22.6. The molecule has 0 radical (unpaired) electrons. The number of ether oxygens (including phenoxy) is 1. The van der Waals surface area contributed by atoms with Crippen molar-refractivity contribution in [1.29, 1.82) is 0 Å². The second-order valence-corrected chi connectivity index (χ2v) is 9.68. The monoisotopic (exact) mass is 440 g/mol. The number of piperidine rings is 1. The van der Waals surface area contributed by atoms with Gasteiger partial charge in [-0.05, 0) is 56.4 Å². The molecule has 1 aromatic heterocycles. The first-order valence-corrected chi connectivity index (χ1v) is 11.9. The lowest BCUT2D eigenvalue weighted by atomic mass is 9.79. The Bertz CT molecular complexity index is 951. The lowest BCUT2D eigenvalue weighted by molar-refractivity contribution is 0.0876. The second-order valence-electron chi connectivity index (χ2n) is 9.68. The molecule has 3 N–H and O–H groups in total. The van der Waals surface area contributed by atoms with Crippen LogP contribution in [-0.2, 0) is 11.3 Å². The average molecular weight is 441 g/mol. The molecule has 2 fully saturated rings. The van der Waals surface area contributed by atoms with Crippen molar-refractivity contribution in [1.82, 2.24) is 9.47 Å². The molecule has 174 valence electrons. The van der Waals surface area contributed by atoms with E-state index in [1.165, 1.54) is 31.9 Å². The zero-order chi connectivity index (χ0) is 22.7. The molecule has 7 heteroatoms. The van der Waals surface area contributed by atoms with Crippen molar-refractivity contribution in [2.24, 2.45) is 22.7 Å². The summed E-state index contributed by atoms with van der Waals surface area (Å²) in [6.07, 6.45) is 8.04. The summed E-state index contributed by atoms with van der Waals surface area (Å²) in [6.45, 7) is 6.92. The van der Waals surface area contributed by atoms with Crippen molar-refractivity contribution < 1.29 is 14.7 Å². The molecule has 0 bridgehead atoms. The van der Waals surface area contributed by atoms with E-state index in [4.69, 9.17) is 10.5 Å². The topological polar surface area (TPSA) is 93.1 Å². The molecular formula is C25H36N4O3. The lowest BCUT2D eigenvalue weighted by Gasteiger charge is -2.42. The summed E-state index contributed by atoms with van der Waals surface area (Å²) in [5.41, 5.74) is 7.94. The molecule has 0 spiro atoms. The van der Waals surface area contributed by atoms with Gasteiger partial charge in [-0.1, -0.05) is 37.2 Å². The largest absolute Gasteiger partial charge is 0.443 e. The van der Waals surface area contributed by atoms with Gasteiger partial charge >= 0.3 is 6.09 Å². The number of fused-ring (bicyclic) bond motifs is 1. The van der Waals surface area contributed by atoms with Gasteiger partial charge in [0.2, 0.25) is 0 Å². The summed E-state index contributed by atoms with van der Waals surface area (Å²) >= 11 is 0. The fourth-order valence-electron chi connectivity index (χ4n) is 5.89. The van der Waals surface area contributed by atoms with Crippen LogP contribution in [0.3, 0.4) is 0 Å². The van der Waals surface area contributed by atoms with Gasteiger partial charge in [-0.15, -0.1) is 0 Å². The Kier molecular flexibility index (Phi) is 7.04. The van der Waals surface area contributed by atoms with Crippen molar-refractivity contribution in [2.45, 2.75) is 71.1 Å². The molecule has 2 aliphatic rings. The molecule has 1 aromatic carbocycles. The molecule has 1 saturated carbocycles. The predicted molar refractivity (Wildman–Crippen MR) is 126 cm³/mol. The Morgan fingerprint density at radius 1 is 1.16 bits per heavy atom. The third kappa shape index (κ3) is 4.63. The standard InChI is InChI=1S/C25H36N4O3/c1-17(2)18-7-9-19(10-8-18)28-13-11-20(12-14-28)29-23-6-4-3-5-21(23)22(15-27-31)24(29)16-32-25(26)30/h3-6,15,17-20,31H,7-14,16H2,1-2H3,(H2,26,30)/b27-15-. The van der Waals surface area contributed by atoms with Crippen LogP contribution in [0.2, 0.25) is 0 Å². The minimum absolute atomic E-state index is 0.0603. The Balaban J connectivity index is 1.54. The number of nitrogens with zero attached hydrogens (tertiary/aromatic N) is 3. The van der Waals surface area contributed by atoms with E-state index in [0.29, 0.717) is 12.1 Å². The van der Waals surface area contributed by atoms with Gasteiger partial charge in [-0.2, -0.15) is 0 Å². The van der Waals surface area contributed by atoms with Gasteiger partial charge in [0.15, 0.2) is 0 Å². The number of nitrogens with two attached hydrogens (primary N) is 1. The van der Waals surface area contributed by atoms with Crippen LogP contribution in [0, 0.1) is 11.8 Å². The van der Waals surface area contributed by atoms with E-state index in [2.05, 4.69) is 34.5 Å². The fourth-order valence-corrected chi connectivity index (χ4v) is 5.89. The van der Waals surface area contributed by atoms with E-state index in [-0.39, 0.29) is 6.61 Å². The van der Waals surface area contributed by atoms with Crippen molar-refractivity contribution in [3.05, 3.63) is 35.5 Å². The minimum atomic E-state index is -0.805. The van der Waals surface area contributed by atoms with Crippen LogP contribution < -0.4 is 5.73 Å². The van der Waals surface area contributed by atoms with E-state index in [9.17, 15) is 10.0 Å². The van der Waals surface area contributed by atoms with E-state index in [1.807, 2.05) is 18.2 Å². The Morgan fingerprint density at radius 3 is 2.47 bits per heavy atom. The van der Waals surface area contributed by atoms with Crippen LogP contribution in [-0.4, -0.2) is 46.1 Å². The summed E-state index contributed by atoms with van der Waals surface area (Å²) in [6, 6.07) is 9.09. The fraction of sp³-hybridized carbons (Fsp3) is 0.600. The SMILES string of the molecule is CC(C)C1CCC(N2CCC(n3c(COC(N)=O)c(/C=N\O)c4ccccc43)CC2)CC1. The highest BCUT2D eigenvalue weighted by atomic mass is 16.5. The molecule has 1 aliphatic carbocycles. The van der Waals surface area contributed by atoms with Crippen molar-refractivity contribution >= 4 is 23.2 Å². The maximum atomic E-state index is 11.3. The number of oxime groups is 1. The van der Waals surface area contributed by atoms with Crippen molar-refractivity contribution in [3.8, 4) is 0 Å². The van der Waals surface area contributed by atoms with Gasteiger partial charge in [0, 0.05) is 41.6 Å². The van der Waals surface area contributed by atoms with Gasteiger partial charge in [0.05, 0.1) is 11.9 Å². The molecule has 0 atom stereocenters. The average Bonchev–Trinajstić information content (AvgIpc) is 3.11. The number of carbonyl (C=O) groups is 1. The quantitative estimate of drug-likeness (QED) is 0.380. The number of rotatable bonds is 6. The first-order valence-electron chi connectivity index (χ1n) is 11.9. The summed E-state index contributed by atoms with van der Waals surface area (Å²) < 4.78 is 7.47. The molecule has 1 amide bonds. The van der Waals surface area contributed by atoms with Crippen molar-refractivity contribution in [3.63, 3.8) is 0 Å². The number of aromatic nitrogens is 1. The Hall–Kier alpha value is -2.54. The minimum Gasteiger partial charge on any atom is -0.443 e. The van der Waals surface area contributed by atoms with Crippen LogP contribution in [0.5, 0.6) is 0 Å². The molecule has 2 aromatic rings. The highest BCUT2D eigenvalue weighted by molar-refractivity contribution is 6.01. The number of benzene rings is 1. The number of para-hydroxylation sites is 1. The van der Waals surface area contributed by atoms with Crippen LogP contribution in [0.25, 0.3) is 10.9 Å². The zero-order valence-corrected chi connectivity index (χ0v) is 19.2. The number of hydrogen-bond acceptors (Lipinski definition) is 5. The predicted octanol–water partition coefficient (Wildman–Crippen LogP) is 4.90. The smallest absolute Gasteiger partial charge is 0.404 e. The molecule has 7 nitrogen and oxygen atoms in total. The number of likely N-dealkylation sites (tertiary alicyclic amines) is 1. The normalized spacial score (nSPS) is 23.3. The molecule has 0 unspecified atom stereocenters. The number of amides is 1. The van der Waals surface area contributed by atoms with Gasteiger partial charge in [0.1, 0.15) is 6.61 Å². The molecule has 1 aliphatic heterocycles. The summed E-state index contributed by atoms with van der Waals surface area (Å²) in [7, 11) is 0. The van der Waals surface area contributed by atoms with E-state index in [0.717, 1.165) is 59.9 Å². The number of primary amides is 1. The zero-order valence-electron chi connectivity index (χ0n) is 19.2. The van der Waals surface area contributed by atoms with Gasteiger partial charge in [-0.25, -0.2) is 4.79 Å². The molecule has 4 rings (SSSR count). The third-order valence-electron chi connectivity index (χ3n) is 7.66. The van der Waals surface area contributed by atoms with Crippen LogP contribution in [0.15, 0.2) is 29.4 Å². The number of carbonyl (C=O) groups excluding carboxylic acids is 1. The first-order chi connectivity index (χ1) is 15.5. The second kappa shape index (κ2) is 9.94. The van der Waals surface area contributed by atoms with Crippen molar-refractivity contribution in [2.75, 3.05) is 13.1 Å². The molecule has 1 saturated heterocycles. The number of hydrogen-bond donors (Lipinski definition) is 2. The van der Waals surface area contributed by atoms with Gasteiger partial charge in [-0.3, -0.25) is 0 Å². The summed E-state index contributed by atoms with van der Waals surface area (Å²) in [5, 5.41) is 13.5. The lowest BCUT2D eigenvalue weighted by Crippen LogP contribution is -2.44. The molecule has 32 heavy (non-hydrogen) atoms. The van der Waals surface area contributed by atoms with E-state index >= 15 is 0 Å². The van der Waals surface area contributed by atoms with E-state index in [1.54, 1.807) is 0 Å². The van der Waals surface area contributed by atoms with E-state index < -0.39 is 6.09 Å². The van der Waals surface area contributed by atoms with Crippen LogP contribution in [0.4, 0.5) is 4.79 Å². The van der Waals surface area contributed by atoms with Gasteiger partial charge < -0.3 is 25.1 Å². The maximum Gasteiger partial charge on any atom is 0.404 e. The Morgan fingerprint density at radius 2 is 1.84 bits per heavy atom. The van der Waals surface area contributed by atoms with Crippen LogP contribution >= 0.6 is 0 Å². The van der Waals surface area contributed by atoms with Crippen LogP contribution in [0.1, 0.15) is 69.7 Å². The highest BCUT2D eigenvalue weighted by Crippen LogP contribution is 2.37. The third-order valence-corrected chi connectivity index (χ3v) is 7.66. The highest BCUT2D eigenvalue weighted by Gasteiger charge is 2.32. The molecule has 2 heterocycles. The summed E-state index contributed by atoms with van der Waals surface area (Å²) in [4.78, 5) is 14.0. The van der Waals surface area contributed by atoms with Gasteiger partial charge in [0.25, 0.3) is 0 Å². The maximum absolute atomic E-state index is 11.3.